The number of rotatable bonds is 15. The average Bonchev–Trinajstić information content (AvgIpc) is 2.64. The fourth-order valence-electron chi connectivity index (χ4n) is 2.90. The lowest BCUT2D eigenvalue weighted by atomic mass is 10.0. The third-order valence-electron chi connectivity index (χ3n) is 4.21. The van der Waals surface area contributed by atoms with Crippen molar-refractivity contribution in [2.75, 3.05) is 19.8 Å². The van der Waals surface area contributed by atoms with Crippen molar-refractivity contribution >= 4 is 28.9 Å². The van der Waals surface area contributed by atoms with Crippen molar-refractivity contribution in [3.05, 3.63) is 33.8 Å². The van der Waals surface area contributed by atoms with Gasteiger partial charge in [0.15, 0.2) is 0 Å². The van der Waals surface area contributed by atoms with Crippen LogP contribution in [0.15, 0.2) is 27.9 Å². The summed E-state index contributed by atoms with van der Waals surface area (Å²) in [6.45, 7) is 9.88. The molecule has 1 aromatic rings. The van der Waals surface area contributed by atoms with Gasteiger partial charge in [-0.15, -0.1) is 0 Å². The van der Waals surface area contributed by atoms with Crippen molar-refractivity contribution in [1.82, 2.24) is 0 Å². The molecule has 29 heavy (non-hydrogen) atoms. The molecule has 0 unspecified atom stereocenters. The minimum atomic E-state index is 0.215. The Morgan fingerprint density at radius 3 is 2.34 bits per heavy atom. The van der Waals surface area contributed by atoms with Crippen molar-refractivity contribution in [2.24, 2.45) is 5.16 Å². The minimum Gasteiger partial charge on any atom is -0.493 e. The van der Waals surface area contributed by atoms with E-state index in [1.165, 1.54) is 12.0 Å². The zero-order valence-corrected chi connectivity index (χ0v) is 19.7. The second-order valence-corrected chi connectivity index (χ2v) is 8.28. The van der Waals surface area contributed by atoms with E-state index in [0.717, 1.165) is 67.9 Å². The summed E-state index contributed by atoms with van der Waals surface area (Å²) in [4.78, 5) is 5.21. The van der Waals surface area contributed by atoms with Crippen molar-refractivity contribution in [3.8, 4) is 11.5 Å². The Morgan fingerprint density at radius 2 is 1.69 bits per heavy atom. The van der Waals surface area contributed by atoms with Gasteiger partial charge in [-0.25, -0.2) is 0 Å². The van der Waals surface area contributed by atoms with Crippen molar-refractivity contribution in [1.29, 1.82) is 0 Å². The van der Waals surface area contributed by atoms with Gasteiger partial charge in [0.1, 0.15) is 29.2 Å². The van der Waals surface area contributed by atoms with E-state index in [4.69, 9.17) is 37.5 Å². The van der Waals surface area contributed by atoms with Crippen LogP contribution in [0.5, 0.6) is 11.5 Å². The quantitative estimate of drug-likeness (QED) is 0.161. The third-order valence-corrected chi connectivity index (χ3v) is 4.51. The maximum atomic E-state index is 6.14. The van der Waals surface area contributed by atoms with E-state index in [0.29, 0.717) is 13.2 Å². The summed E-state index contributed by atoms with van der Waals surface area (Å²) in [6.07, 6.45) is 9.24. The second-order valence-electron chi connectivity index (χ2n) is 7.27. The topological polar surface area (TPSA) is 40.0 Å². The molecular weight excluding hydrogens is 409 g/mol. The van der Waals surface area contributed by atoms with E-state index in [-0.39, 0.29) is 4.49 Å². The van der Waals surface area contributed by atoms with E-state index < -0.39 is 0 Å². The standard InChI is InChI=1S/C23H35Cl2NO3/c1-5-11-20-17-21(27-15-12-22(24)25)16-19(4)23(20)28-13-9-7-6-8-10-14-29-26-18(2)3/h12,16-17H,5-11,13-15H2,1-4H3. The number of halogens is 2. The summed E-state index contributed by atoms with van der Waals surface area (Å²) in [5.41, 5.74) is 3.24. The van der Waals surface area contributed by atoms with Crippen LogP contribution in [0.4, 0.5) is 0 Å². The summed E-state index contributed by atoms with van der Waals surface area (Å²) in [5, 5.41) is 3.94. The molecule has 1 rings (SSSR count). The van der Waals surface area contributed by atoms with Crippen molar-refractivity contribution < 1.29 is 14.3 Å². The number of aryl methyl sites for hydroxylation is 2. The molecule has 1 aromatic carbocycles. The van der Waals surface area contributed by atoms with E-state index in [2.05, 4.69) is 25.1 Å². The summed E-state index contributed by atoms with van der Waals surface area (Å²) >= 11 is 11.3. The van der Waals surface area contributed by atoms with E-state index in [1.807, 2.05) is 19.9 Å². The molecule has 0 aromatic heterocycles. The Hall–Kier alpha value is -1.39. The second kappa shape index (κ2) is 15.4. The highest BCUT2D eigenvalue weighted by molar-refractivity contribution is 6.55. The molecule has 6 heteroatoms. The van der Waals surface area contributed by atoms with Gasteiger partial charge in [-0.05, 0) is 75.8 Å². The third kappa shape index (κ3) is 12.0. The summed E-state index contributed by atoms with van der Waals surface area (Å²) in [7, 11) is 0. The predicted molar refractivity (Wildman–Crippen MR) is 124 cm³/mol. The first-order valence-electron chi connectivity index (χ1n) is 10.5. The summed E-state index contributed by atoms with van der Waals surface area (Å²) in [6, 6.07) is 4.06. The first kappa shape index (κ1) is 25.6. The lowest BCUT2D eigenvalue weighted by molar-refractivity contribution is 0.139. The lowest BCUT2D eigenvalue weighted by Gasteiger charge is -2.16. The molecule has 0 saturated carbocycles. The summed E-state index contributed by atoms with van der Waals surface area (Å²) in [5.74, 6) is 1.81. The molecule has 164 valence electrons. The number of benzene rings is 1. The van der Waals surface area contributed by atoms with Crippen LogP contribution in [0.25, 0.3) is 0 Å². The molecule has 0 aliphatic carbocycles. The van der Waals surface area contributed by atoms with Gasteiger partial charge < -0.3 is 14.3 Å². The predicted octanol–water partition coefficient (Wildman–Crippen LogP) is 7.39. The average molecular weight is 444 g/mol. The lowest BCUT2D eigenvalue weighted by Crippen LogP contribution is -2.04. The van der Waals surface area contributed by atoms with Gasteiger partial charge in [0.05, 0.1) is 12.3 Å². The Bertz CT molecular complexity index is 652. The first-order chi connectivity index (χ1) is 13.9. The monoisotopic (exact) mass is 443 g/mol. The molecular formula is C23H35Cl2NO3. The van der Waals surface area contributed by atoms with E-state index in [1.54, 1.807) is 6.08 Å². The molecule has 0 spiro atoms. The number of nitrogens with zero attached hydrogens (tertiary/aromatic N) is 1. The maximum absolute atomic E-state index is 6.14. The van der Waals surface area contributed by atoms with Gasteiger partial charge in [-0.3, -0.25) is 0 Å². The fraction of sp³-hybridized carbons (Fsp3) is 0.609. The first-order valence-corrected chi connectivity index (χ1v) is 11.2. The highest BCUT2D eigenvalue weighted by atomic mass is 35.5. The number of unbranched alkanes of at least 4 members (excludes halogenated alkanes) is 4. The minimum absolute atomic E-state index is 0.215. The number of oxime groups is 1. The normalized spacial score (nSPS) is 10.4. The van der Waals surface area contributed by atoms with Gasteiger partial charge in [0.2, 0.25) is 0 Å². The zero-order chi connectivity index (χ0) is 21.5. The molecule has 0 fully saturated rings. The molecule has 0 aliphatic heterocycles. The largest absolute Gasteiger partial charge is 0.493 e. The van der Waals surface area contributed by atoms with Crippen LogP contribution in [-0.4, -0.2) is 25.5 Å². The van der Waals surface area contributed by atoms with Crippen LogP contribution in [0.2, 0.25) is 0 Å². The fourth-order valence-corrected chi connectivity index (χ4v) is 3.03. The molecule has 0 heterocycles. The number of ether oxygens (including phenoxy) is 2. The Morgan fingerprint density at radius 1 is 1.00 bits per heavy atom. The molecule has 0 aliphatic rings. The van der Waals surface area contributed by atoms with Gasteiger partial charge in [0, 0.05) is 0 Å². The highest BCUT2D eigenvalue weighted by Gasteiger charge is 2.10. The molecule has 0 amide bonds. The molecule has 0 N–H and O–H groups in total. The molecule has 0 atom stereocenters. The molecule has 4 nitrogen and oxygen atoms in total. The van der Waals surface area contributed by atoms with Gasteiger partial charge in [0.25, 0.3) is 0 Å². The smallest absolute Gasteiger partial charge is 0.125 e. The van der Waals surface area contributed by atoms with Gasteiger partial charge in [-0.2, -0.15) is 0 Å². The van der Waals surface area contributed by atoms with Crippen LogP contribution in [0.1, 0.15) is 70.4 Å². The SMILES string of the molecule is CCCc1cc(OCC=C(Cl)Cl)cc(C)c1OCCCCCCCON=C(C)C. The van der Waals surface area contributed by atoms with E-state index >= 15 is 0 Å². The van der Waals surface area contributed by atoms with Crippen LogP contribution in [0.3, 0.4) is 0 Å². The van der Waals surface area contributed by atoms with Gasteiger partial charge in [-0.1, -0.05) is 54.5 Å². The molecule has 0 radical (unpaired) electrons. The molecule has 0 bridgehead atoms. The molecule has 0 saturated heterocycles. The van der Waals surface area contributed by atoms with Crippen LogP contribution in [-0.2, 0) is 11.3 Å². The highest BCUT2D eigenvalue weighted by Crippen LogP contribution is 2.30. The summed E-state index contributed by atoms with van der Waals surface area (Å²) < 4.78 is 12.1. The number of hydrogen-bond acceptors (Lipinski definition) is 4. The number of hydrogen-bond donors (Lipinski definition) is 0. The van der Waals surface area contributed by atoms with E-state index in [9.17, 15) is 0 Å². The van der Waals surface area contributed by atoms with Gasteiger partial charge >= 0.3 is 0 Å². The van der Waals surface area contributed by atoms with Crippen LogP contribution >= 0.6 is 23.2 Å². The maximum Gasteiger partial charge on any atom is 0.125 e. The van der Waals surface area contributed by atoms with Crippen molar-refractivity contribution in [3.63, 3.8) is 0 Å². The zero-order valence-electron chi connectivity index (χ0n) is 18.2. The Balaban J connectivity index is 2.40. The Labute approximate surface area is 186 Å². The van der Waals surface area contributed by atoms with Crippen LogP contribution in [0, 0.1) is 6.92 Å². The van der Waals surface area contributed by atoms with Crippen LogP contribution < -0.4 is 9.47 Å². The van der Waals surface area contributed by atoms with Crippen molar-refractivity contribution in [2.45, 2.75) is 72.6 Å². The Kier molecular flexibility index (Phi) is 13.7.